The summed E-state index contributed by atoms with van der Waals surface area (Å²) >= 11 is 0. The molecular formula is C9H7NO6. The van der Waals surface area contributed by atoms with Gasteiger partial charge in [0, 0.05) is 18.9 Å². The van der Waals surface area contributed by atoms with Gasteiger partial charge in [-0.1, -0.05) is 5.06 Å². The van der Waals surface area contributed by atoms with Gasteiger partial charge in [-0.3, -0.25) is 14.4 Å². The Kier molecular flexibility index (Phi) is 2.59. The van der Waals surface area contributed by atoms with Gasteiger partial charge in [-0.15, -0.1) is 0 Å². The highest BCUT2D eigenvalue weighted by Gasteiger charge is 2.33. The third-order valence-electron chi connectivity index (χ3n) is 1.85. The zero-order valence-corrected chi connectivity index (χ0v) is 8.04. The highest BCUT2D eigenvalue weighted by Crippen LogP contribution is 2.15. The molecule has 0 spiro atoms. The Balaban J connectivity index is 1.92. The Morgan fingerprint density at radius 3 is 2.56 bits per heavy atom. The van der Waals surface area contributed by atoms with Crippen LogP contribution in [0.25, 0.3) is 0 Å². The van der Waals surface area contributed by atoms with E-state index in [0.717, 1.165) is 0 Å². The summed E-state index contributed by atoms with van der Waals surface area (Å²) in [7, 11) is 0. The first-order valence-corrected chi connectivity index (χ1v) is 4.46. The summed E-state index contributed by atoms with van der Waals surface area (Å²) in [5.41, 5.74) is 0. The molecule has 1 aromatic rings. The van der Waals surface area contributed by atoms with E-state index >= 15 is 0 Å². The monoisotopic (exact) mass is 225 g/mol. The van der Waals surface area contributed by atoms with Gasteiger partial charge in [0.2, 0.25) is 0 Å². The van der Waals surface area contributed by atoms with E-state index in [2.05, 4.69) is 9.57 Å². The van der Waals surface area contributed by atoms with Gasteiger partial charge >= 0.3 is 6.16 Å². The SMILES string of the molecule is O=C(Oc1ccco1)ON1C(=O)CCC1=O. The van der Waals surface area contributed by atoms with Crippen LogP contribution in [0.3, 0.4) is 0 Å². The predicted octanol–water partition coefficient (Wildman–Crippen LogP) is 0.859. The third kappa shape index (κ3) is 2.02. The van der Waals surface area contributed by atoms with Crippen molar-refractivity contribution in [1.29, 1.82) is 0 Å². The van der Waals surface area contributed by atoms with E-state index in [1.807, 2.05) is 0 Å². The highest BCUT2D eigenvalue weighted by atomic mass is 16.8. The third-order valence-corrected chi connectivity index (χ3v) is 1.85. The fourth-order valence-electron chi connectivity index (χ4n) is 1.15. The van der Waals surface area contributed by atoms with Gasteiger partial charge in [-0.2, -0.15) is 0 Å². The van der Waals surface area contributed by atoms with Crippen molar-refractivity contribution in [2.45, 2.75) is 12.8 Å². The molecule has 1 saturated heterocycles. The summed E-state index contributed by atoms with van der Waals surface area (Å²) in [6, 6.07) is 2.89. The van der Waals surface area contributed by atoms with Crippen molar-refractivity contribution < 1.29 is 28.4 Å². The van der Waals surface area contributed by atoms with Gasteiger partial charge in [0.15, 0.2) is 0 Å². The van der Waals surface area contributed by atoms with Crippen LogP contribution < -0.4 is 4.74 Å². The first-order chi connectivity index (χ1) is 7.66. The number of imide groups is 1. The standard InChI is InChI=1S/C9H7NO6/c11-6-3-4-7(12)10(6)16-9(13)15-8-2-1-5-14-8/h1-2,5H,3-4H2. The van der Waals surface area contributed by atoms with Gasteiger partial charge in [0.25, 0.3) is 17.8 Å². The van der Waals surface area contributed by atoms with Gasteiger partial charge in [-0.05, 0) is 6.07 Å². The molecule has 1 fully saturated rings. The van der Waals surface area contributed by atoms with E-state index < -0.39 is 18.0 Å². The zero-order valence-electron chi connectivity index (χ0n) is 8.04. The molecule has 1 aliphatic heterocycles. The number of hydroxylamine groups is 2. The van der Waals surface area contributed by atoms with Crippen LogP contribution in [0, 0.1) is 0 Å². The maximum atomic E-state index is 11.1. The van der Waals surface area contributed by atoms with Crippen molar-refractivity contribution in [2.24, 2.45) is 0 Å². The highest BCUT2D eigenvalue weighted by molar-refractivity contribution is 6.01. The number of hydrogen-bond donors (Lipinski definition) is 0. The minimum atomic E-state index is -1.20. The van der Waals surface area contributed by atoms with Crippen molar-refractivity contribution in [2.75, 3.05) is 0 Å². The number of carbonyl (C=O) groups is 3. The molecule has 0 aliphatic carbocycles. The van der Waals surface area contributed by atoms with Crippen LogP contribution in [0.2, 0.25) is 0 Å². The normalized spacial score (nSPS) is 15.4. The van der Waals surface area contributed by atoms with Crippen LogP contribution >= 0.6 is 0 Å². The van der Waals surface area contributed by atoms with Gasteiger partial charge in [0.05, 0.1) is 6.26 Å². The van der Waals surface area contributed by atoms with Crippen molar-refractivity contribution in [3.8, 4) is 5.95 Å². The molecule has 0 unspecified atom stereocenters. The quantitative estimate of drug-likeness (QED) is 0.548. The van der Waals surface area contributed by atoms with E-state index in [0.29, 0.717) is 5.06 Å². The number of carbonyl (C=O) groups excluding carboxylic acids is 3. The second-order valence-corrected chi connectivity index (χ2v) is 2.96. The van der Waals surface area contributed by atoms with Crippen LogP contribution in [0.1, 0.15) is 12.8 Å². The molecule has 7 heteroatoms. The molecule has 16 heavy (non-hydrogen) atoms. The molecule has 0 aromatic carbocycles. The smallest absolute Gasteiger partial charge is 0.434 e. The van der Waals surface area contributed by atoms with Crippen LogP contribution in [-0.2, 0) is 14.4 Å². The Labute approximate surface area is 89.5 Å². The number of nitrogens with zero attached hydrogens (tertiary/aromatic N) is 1. The van der Waals surface area contributed by atoms with Crippen LogP contribution in [0.15, 0.2) is 22.8 Å². The summed E-state index contributed by atoms with van der Waals surface area (Å²) in [6.07, 6.45) is 0.174. The molecule has 0 saturated carbocycles. The van der Waals surface area contributed by atoms with E-state index in [9.17, 15) is 14.4 Å². The lowest BCUT2D eigenvalue weighted by Gasteiger charge is -2.10. The fourth-order valence-corrected chi connectivity index (χ4v) is 1.15. The second kappa shape index (κ2) is 4.05. The number of amides is 2. The van der Waals surface area contributed by atoms with Crippen LogP contribution in [0.4, 0.5) is 4.79 Å². The number of furan rings is 1. The Bertz CT molecular complexity index is 407. The van der Waals surface area contributed by atoms with Crippen LogP contribution in [0.5, 0.6) is 5.95 Å². The van der Waals surface area contributed by atoms with E-state index in [4.69, 9.17) is 4.42 Å². The molecule has 7 nitrogen and oxygen atoms in total. The first-order valence-electron chi connectivity index (χ1n) is 4.46. The predicted molar refractivity (Wildman–Crippen MR) is 46.9 cm³/mol. The minimum absolute atomic E-state index is 0.0346. The maximum Gasteiger partial charge on any atom is 0.542 e. The van der Waals surface area contributed by atoms with E-state index in [-0.39, 0.29) is 18.8 Å². The molecule has 0 N–H and O–H groups in total. The van der Waals surface area contributed by atoms with Crippen molar-refractivity contribution in [3.05, 3.63) is 18.4 Å². The lowest BCUT2D eigenvalue weighted by molar-refractivity contribution is -0.175. The first kappa shape index (κ1) is 10.2. The largest absolute Gasteiger partial charge is 0.542 e. The lowest BCUT2D eigenvalue weighted by Crippen LogP contribution is -2.33. The van der Waals surface area contributed by atoms with Crippen LogP contribution in [-0.4, -0.2) is 23.0 Å². The molecule has 1 aromatic heterocycles. The van der Waals surface area contributed by atoms with Gasteiger partial charge in [0.1, 0.15) is 0 Å². The Morgan fingerprint density at radius 1 is 1.31 bits per heavy atom. The summed E-state index contributed by atoms with van der Waals surface area (Å²) < 4.78 is 9.25. The average molecular weight is 225 g/mol. The molecule has 2 heterocycles. The second-order valence-electron chi connectivity index (χ2n) is 2.96. The Morgan fingerprint density at radius 2 is 2.00 bits per heavy atom. The molecule has 0 bridgehead atoms. The molecule has 2 amide bonds. The summed E-state index contributed by atoms with van der Waals surface area (Å²) in [5.74, 6) is -1.22. The maximum absolute atomic E-state index is 11.1. The van der Waals surface area contributed by atoms with Crippen molar-refractivity contribution in [1.82, 2.24) is 5.06 Å². The lowest BCUT2D eigenvalue weighted by atomic mass is 10.4. The molecule has 1 aliphatic rings. The molecule has 2 rings (SSSR count). The number of rotatable bonds is 2. The zero-order chi connectivity index (χ0) is 11.5. The molecular weight excluding hydrogens is 218 g/mol. The summed E-state index contributed by atoms with van der Waals surface area (Å²) in [5, 5.41) is 0.394. The molecule has 84 valence electrons. The van der Waals surface area contributed by atoms with Gasteiger partial charge in [-0.25, -0.2) is 4.79 Å². The molecule has 0 atom stereocenters. The van der Waals surface area contributed by atoms with Crippen molar-refractivity contribution >= 4 is 18.0 Å². The van der Waals surface area contributed by atoms with E-state index in [1.54, 1.807) is 0 Å². The summed E-state index contributed by atoms with van der Waals surface area (Å²) in [4.78, 5) is 37.7. The number of hydrogen-bond acceptors (Lipinski definition) is 6. The fraction of sp³-hybridized carbons (Fsp3) is 0.222. The average Bonchev–Trinajstić information content (AvgIpc) is 2.83. The van der Waals surface area contributed by atoms with E-state index in [1.165, 1.54) is 18.4 Å². The Hall–Kier alpha value is -2.31. The van der Waals surface area contributed by atoms with Crippen molar-refractivity contribution in [3.63, 3.8) is 0 Å². The summed E-state index contributed by atoms with van der Waals surface area (Å²) in [6.45, 7) is 0. The number of ether oxygens (including phenoxy) is 1. The topological polar surface area (TPSA) is 86.1 Å². The van der Waals surface area contributed by atoms with Gasteiger partial charge < -0.3 is 9.15 Å². The minimum Gasteiger partial charge on any atom is -0.434 e. The molecule has 0 radical (unpaired) electrons.